The van der Waals surface area contributed by atoms with Gasteiger partial charge in [0.25, 0.3) is 5.91 Å². The van der Waals surface area contributed by atoms with E-state index in [0.29, 0.717) is 18.0 Å². The minimum atomic E-state index is -0.0380. The number of likely N-dealkylation sites (tertiary alicyclic amines) is 1. The highest BCUT2D eigenvalue weighted by atomic mass is 16.5. The number of rotatable bonds is 6. The van der Waals surface area contributed by atoms with Crippen molar-refractivity contribution in [2.75, 3.05) is 26.7 Å². The summed E-state index contributed by atoms with van der Waals surface area (Å²) in [5, 5.41) is 3.06. The van der Waals surface area contributed by atoms with E-state index in [9.17, 15) is 4.79 Å². The molecule has 0 radical (unpaired) electrons. The first-order valence-electron chi connectivity index (χ1n) is 8.70. The fourth-order valence-electron chi connectivity index (χ4n) is 3.27. The van der Waals surface area contributed by atoms with Crippen LogP contribution < -0.4 is 10.1 Å². The summed E-state index contributed by atoms with van der Waals surface area (Å²) < 4.78 is 5.29. The maximum Gasteiger partial charge on any atom is 0.251 e. The lowest BCUT2D eigenvalue weighted by Gasteiger charge is -2.16. The van der Waals surface area contributed by atoms with Gasteiger partial charge in [0, 0.05) is 37.6 Å². The van der Waals surface area contributed by atoms with Crippen molar-refractivity contribution in [3.8, 4) is 5.75 Å². The summed E-state index contributed by atoms with van der Waals surface area (Å²) in [4.78, 5) is 18.9. The Hall–Kier alpha value is -2.40. The molecular weight excluding hydrogens is 314 g/mol. The van der Waals surface area contributed by atoms with Gasteiger partial charge < -0.3 is 10.1 Å². The van der Waals surface area contributed by atoms with Crippen LogP contribution in [0, 0.1) is 12.8 Å². The number of pyridine rings is 1. The van der Waals surface area contributed by atoms with Gasteiger partial charge in [-0.15, -0.1) is 0 Å². The standard InChI is InChI=1S/C20H25N3O2/c1-15-5-6-18(10-19(15)25-2)20(24)22-12-17-7-9-23(14-17)13-16-4-3-8-21-11-16/h3-6,8,10-11,17H,7,9,12-14H2,1-2H3,(H,22,24)/t17-/m0/s1. The van der Waals surface area contributed by atoms with Crippen molar-refractivity contribution >= 4 is 5.91 Å². The molecule has 2 heterocycles. The Balaban J connectivity index is 1.48. The molecule has 0 unspecified atom stereocenters. The average molecular weight is 339 g/mol. The highest BCUT2D eigenvalue weighted by Crippen LogP contribution is 2.20. The number of benzene rings is 1. The molecule has 132 valence electrons. The Kier molecular flexibility index (Phi) is 5.66. The van der Waals surface area contributed by atoms with Crippen LogP contribution in [-0.4, -0.2) is 42.5 Å². The van der Waals surface area contributed by atoms with E-state index in [2.05, 4.69) is 21.3 Å². The first kappa shape index (κ1) is 17.4. The number of ether oxygens (including phenoxy) is 1. The molecule has 0 bridgehead atoms. The number of carbonyl (C=O) groups is 1. The zero-order chi connectivity index (χ0) is 17.6. The molecule has 2 aromatic rings. The molecule has 1 amide bonds. The number of amides is 1. The fraction of sp³-hybridized carbons (Fsp3) is 0.400. The van der Waals surface area contributed by atoms with Gasteiger partial charge in [-0.2, -0.15) is 0 Å². The molecule has 1 aliphatic rings. The molecule has 1 N–H and O–H groups in total. The Morgan fingerprint density at radius 2 is 2.28 bits per heavy atom. The molecule has 1 saturated heterocycles. The largest absolute Gasteiger partial charge is 0.496 e. The normalized spacial score (nSPS) is 17.4. The molecule has 1 fully saturated rings. The van der Waals surface area contributed by atoms with Gasteiger partial charge in [0.1, 0.15) is 5.75 Å². The average Bonchev–Trinajstić information content (AvgIpc) is 3.08. The monoisotopic (exact) mass is 339 g/mol. The van der Waals surface area contributed by atoms with E-state index in [4.69, 9.17) is 4.74 Å². The first-order valence-corrected chi connectivity index (χ1v) is 8.70. The maximum atomic E-state index is 12.4. The lowest BCUT2D eigenvalue weighted by atomic mass is 10.1. The third-order valence-electron chi connectivity index (χ3n) is 4.72. The second kappa shape index (κ2) is 8.12. The second-order valence-corrected chi connectivity index (χ2v) is 6.65. The van der Waals surface area contributed by atoms with Crippen LogP contribution in [0.3, 0.4) is 0 Å². The van der Waals surface area contributed by atoms with Gasteiger partial charge in [0.2, 0.25) is 0 Å². The Bertz CT molecular complexity index is 718. The highest BCUT2D eigenvalue weighted by Gasteiger charge is 2.23. The minimum absolute atomic E-state index is 0.0380. The van der Waals surface area contributed by atoms with Crippen LogP contribution in [0.2, 0.25) is 0 Å². The zero-order valence-corrected chi connectivity index (χ0v) is 14.9. The number of carbonyl (C=O) groups excluding carboxylic acids is 1. The molecule has 1 atom stereocenters. The van der Waals surface area contributed by atoms with Crippen molar-refractivity contribution in [1.29, 1.82) is 0 Å². The molecular formula is C20H25N3O2. The third kappa shape index (κ3) is 4.57. The van der Waals surface area contributed by atoms with E-state index >= 15 is 0 Å². The van der Waals surface area contributed by atoms with Crippen LogP contribution in [0.5, 0.6) is 5.75 Å². The lowest BCUT2D eigenvalue weighted by Crippen LogP contribution is -2.31. The van der Waals surface area contributed by atoms with Crippen molar-refractivity contribution in [3.63, 3.8) is 0 Å². The number of aromatic nitrogens is 1. The molecule has 1 aromatic heterocycles. The molecule has 0 spiro atoms. The minimum Gasteiger partial charge on any atom is -0.496 e. The van der Waals surface area contributed by atoms with Crippen LogP contribution in [0.15, 0.2) is 42.7 Å². The third-order valence-corrected chi connectivity index (χ3v) is 4.72. The van der Waals surface area contributed by atoms with Gasteiger partial charge in [-0.25, -0.2) is 0 Å². The summed E-state index contributed by atoms with van der Waals surface area (Å²) in [6, 6.07) is 9.63. The molecule has 1 aliphatic heterocycles. The number of nitrogens with one attached hydrogen (secondary N) is 1. The van der Waals surface area contributed by atoms with E-state index in [0.717, 1.165) is 37.4 Å². The summed E-state index contributed by atoms with van der Waals surface area (Å²) in [6.45, 7) is 5.67. The summed E-state index contributed by atoms with van der Waals surface area (Å²) in [5.74, 6) is 1.20. The quantitative estimate of drug-likeness (QED) is 0.879. The number of methoxy groups -OCH3 is 1. The SMILES string of the molecule is COc1cc(C(=O)NC[C@@H]2CCN(Cc3cccnc3)C2)ccc1C. The first-order chi connectivity index (χ1) is 12.2. The number of hydrogen-bond acceptors (Lipinski definition) is 4. The van der Waals surface area contributed by atoms with Crippen molar-refractivity contribution in [1.82, 2.24) is 15.2 Å². The summed E-state index contributed by atoms with van der Waals surface area (Å²) in [5.41, 5.74) is 2.91. The molecule has 5 heteroatoms. The van der Waals surface area contributed by atoms with Crippen LogP contribution >= 0.6 is 0 Å². The molecule has 5 nitrogen and oxygen atoms in total. The topological polar surface area (TPSA) is 54.5 Å². The summed E-state index contributed by atoms with van der Waals surface area (Å²) in [7, 11) is 1.62. The van der Waals surface area contributed by atoms with Crippen molar-refractivity contribution in [2.45, 2.75) is 19.9 Å². The van der Waals surface area contributed by atoms with E-state index in [-0.39, 0.29) is 5.91 Å². The van der Waals surface area contributed by atoms with Gasteiger partial charge in [0.15, 0.2) is 0 Å². The highest BCUT2D eigenvalue weighted by molar-refractivity contribution is 5.94. The Labute approximate surface area is 149 Å². The predicted molar refractivity (Wildman–Crippen MR) is 97.7 cm³/mol. The molecule has 0 aliphatic carbocycles. The van der Waals surface area contributed by atoms with E-state index < -0.39 is 0 Å². The number of nitrogens with zero attached hydrogens (tertiary/aromatic N) is 2. The van der Waals surface area contributed by atoms with E-state index in [1.165, 1.54) is 5.56 Å². The van der Waals surface area contributed by atoms with E-state index in [1.54, 1.807) is 19.4 Å². The second-order valence-electron chi connectivity index (χ2n) is 6.65. The van der Waals surface area contributed by atoms with Crippen molar-refractivity contribution in [2.24, 2.45) is 5.92 Å². The van der Waals surface area contributed by atoms with Crippen LogP contribution in [0.1, 0.15) is 27.9 Å². The zero-order valence-electron chi connectivity index (χ0n) is 14.9. The lowest BCUT2D eigenvalue weighted by molar-refractivity contribution is 0.0947. The van der Waals surface area contributed by atoms with Gasteiger partial charge in [0.05, 0.1) is 7.11 Å². The maximum absolute atomic E-state index is 12.4. The van der Waals surface area contributed by atoms with Crippen molar-refractivity contribution in [3.05, 3.63) is 59.4 Å². The smallest absolute Gasteiger partial charge is 0.251 e. The van der Waals surface area contributed by atoms with Crippen LogP contribution in [0.4, 0.5) is 0 Å². The number of hydrogen-bond donors (Lipinski definition) is 1. The summed E-state index contributed by atoms with van der Waals surface area (Å²) >= 11 is 0. The number of aryl methyl sites for hydroxylation is 1. The van der Waals surface area contributed by atoms with Crippen molar-refractivity contribution < 1.29 is 9.53 Å². The van der Waals surface area contributed by atoms with Gasteiger partial charge in [-0.1, -0.05) is 12.1 Å². The predicted octanol–water partition coefficient (Wildman–Crippen LogP) is 2.65. The Morgan fingerprint density at radius 3 is 3.04 bits per heavy atom. The Morgan fingerprint density at radius 1 is 1.40 bits per heavy atom. The summed E-state index contributed by atoms with van der Waals surface area (Å²) in [6.07, 6.45) is 4.82. The fourth-order valence-corrected chi connectivity index (χ4v) is 3.27. The van der Waals surface area contributed by atoms with Crippen LogP contribution in [0.25, 0.3) is 0 Å². The van der Waals surface area contributed by atoms with Gasteiger partial charge in [-0.05, 0) is 55.1 Å². The molecule has 25 heavy (non-hydrogen) atoms. The van der Waals surface area contributed by atoms with Gasteiger partial charge in [-0.3, -0.25) is 14.7 Å². The van der Waals surface area contributed by atoms with E-state index in [1.807, 2.05) is 31.3 Å². The van der Waals surface area contributed by atoms with Crippen LogP contribution in [-0.2, 0) is 6.54 Å². The molecule has 3 rings (SSSR count). The molecule has 1 aromatic carbocycles. The van der Waals surface area contributed by atoms with Gasteiger partial charge >= 0.3 is 0 Å². The molecule has 0 saturated carbocycles.